The predicted molar refractivity (Wildman–Crippen MR) is 76.7 cm³/mol. The van der Waals surface area contributed by atoms with E-state index in [0.717, 1.165) is 0 Å². The van der Waals surface area contributed by atoms with Crippen LogP contribution in [-0.2, 0) is 4.79 Å². The summed E-state index contributed by atoms with van der Waals surface area (Å²) in [4.78, 5) is 28.9. The monoisotopic (exact) mass is 346 g/mol. The van der Waals surface area contributed by atoms with Gasteiger partial charge in [-0.1, -0.05) is 0 Å². The van der Waals surface area contributed by atoms with Crippen LogP contribution in [0.15, 0.2) is 18.3 Å². The van der Waals surface area contributed by atoms with Crippen molar-refractivity contribution in [2.75, 3.05) is 19.7 Å². The number of nitrogens with zero attached hydrogens (tertiary/aromatic N) is 2. The number of carboxylic acid groups (broad SMARTS) is 1. The molecule has 0 spiro atoms. The average molecular weight is 346 g/mol. The normalized spacial score (nSPS) is 21.4. The number of pyridine rings is 1. The summed E-state index contributed by atoms with van der Waals surface area (Å²) in [5, 5.41) is 9.30. The first-order chi connectivity index (χ1) is 11.1. The molecule has 1 fully saturated rings. The molecule has 2 rings (SSSR count). The molecular weight excluding hydrogens is 329 g/mol. The third kappa shape index (κ3) is 4.15. The maximum atomic E-state index is 12.6. The van der Waals surface area contributed by atoms with Crippen molar-refractivity contribution < 1.29 is 32.6 Å². The van der Waals surface area contributed by atoms with Gasteiger partial charge >= 0.3 is 12.1 Å². The quantitative estimate of drug-likeness (QED) is 0.905. The molecule has 1 aliphatic heterocycles. The van der Waals surface area contributed by atoms with E-state index < -0.39 is 36.0 Å². The maximum Gasteiger partial charge on any atom is 0.422 e. The highest BCUT2D eigenvalue weighted by atomic mass is 19.4. The number of aromatic nitrogens is 1. The van der Waals surface area contributed by atoms with Crippen molar-refractivity contribution in [2.45, 2.75) is 25.9 Å². The van der Waals surface area contributed by atoms with Crippen LogP contribution in [0.2, 0.25) is 0 Å². The van der Waals surface area contributed by atoms with Crippen LogP contribution in [0.3, 0.4) is 0 Å². The number of carbonyl (C=O) groups excluding carboxylic acids is 1. The summed E-state index contributed by atoms with van der Waals surface area (Å²) in [6, 6.07) is 2.72. The van der Waals surface area contributed by atoms with Gasteiger partial charge in [0.15, 0.2) is 6.61 Å². The Kier molecular flexibility index (Phi) is 5.00. The van der Waals surface area contributed by atoms with Crippen LogP contribution >= 0.6 is 0 Å². The van der Waals surface area contributed by atoms with Crippen molar-refractivity contribution in [3.8, 4) is 5.88 Å². The SMILES string of the molecule is CC1(C(=O)O)CCCN(C(=O)c2cccnc2OCC(F)(F)F)C1. The molecule has 0 saturated carbocycles. The summed E-state index contributed by atoms with van der Waals surface area (Å²) in [5.74, 6) is -2.02. The lowest BCUT2D eigenvalue weighted by atomic mass is 9.82. The molecule has 1 unspecified atom stereocenters. The van der Waals surface area contributed by atoms with Gasteiger partial charge in [0.05, 0.1) is 5.41 Å². The second-order valence-electron chi connectivity index (χ2n) is 5.96. The first-order valence-corrected chi connectivity index (χ1v) is 7.30. The number of alkyl halides is 3. The van der Waals surface area contributed by atoms with Gasteiger partial charge < -0.3 is 14.7 Å². The fraction of sp³-hybridized carbons (Fsp3) is 0.533. The Hall–Kier alpha value is -2.32. The first kappa shape index (κ1) is 18.0. The molecule has 0 aromatic carbocycles. The topological polar surface area (TPSA) is 79.7 Å². The Morgan fingerprint density at radius 2 is 2.17 bits per heavy atom. The van der Waals surface area contributed by atoms with Crippen LogP contribution in [0.25, 0.3) is 0 Å². The molecule has 2 heterocycles. The second-order valence-corrected chi connectivity index (χ2v) is 5.96. The van der Waals surface area contributed by atoms with Crippen molar-refractivity contribution >= 4 is 11.9 Å². The van der Waals surface area contributed by atoms with Gasteiger partial charge in [-0.3, -0.25) is 9.59 Å². The molecule has 1 atom stereocenters. The van der Waals surface area contributed by atoms with Gasteiger partial charge in [-0.05, 0) is 31.9 Å². The minimum Gasteiger partial charge on any atom is -0.481 e. The van der Waals surface area contributed by atoms with Crippen LogP contribution in [0.4, 0.5) is 13.2 Å². The number of amides is 1. The Bertz CT molecular complexity index is 635. The number of halogens is 3. The summed E-state index contributed by atoms with van der Waals surface area (Å²) in [7, 11) is 0. The molecule has 1 amide bonds. The minimum absolute atomic E-state index is 0.0191. The maximum absolute atomic E-state index is 12.6. The number of hydrogen-bond acceptors (Lipinski definition) is 4. The summed E-state index contributed by atoms with van der Waals surface area (Å²) >= 11 is 0. The molecule has 132 valence electrons. The van der Waals surface area contributed by atoms with Crippen LogP contribution in [0.1, 0.15) is 30.1 Å². The van der Waals surface area contributed by atoms with Gasteiger partial charge in [0.25, 0.3) is 5.91 Å². The van der Waals surface area contributed by atoms with Crippen molar-refractivity contribution in [2.24, 2.45) is 5.41 Å². The fourth-order valence-electron chi connectivity index (χ4n) is 2.58. The van der Waals surface area contributed by atoms with Gasteiger partial charge in [0.1, 0.15) is 5.56 Å². The highest BCUT2D eigenvalue weighted by Gasteiger charge is 2.40. The highest BCUT2D eigenvalue weighted by Crippen LogP contribution is 2.31. The van der Waals surface area contributed by atoms with E-state index in [1.807, 2.05) is 0 Å². The summed E-state index contributed by atoms with van der Waals surface area (Å²) < 4.78 is 41.5. The van der Waals surface area contributed by atoms with Gasteiger partial charge in [-0.25, -0.2) is 4.98 Å². The smallest absolute Gasteiger partial charge is 0.422 e. The molecule has 6 nitrogen and oxygen atoms in total. The number of hydrogen-bond donors (Lipinski definition) is 1. The lowest BCUT2D eigenvalue weighted by Gasteiger charge is -2.37. The Labute approximate surface area is 136 Å². The van der Waals surface area contributed by atoms with E-state index in [4.69, 9.17) is 0 Å². The molecule has 9 heteroatoms. The van der Waals surface area contributed by atoms with Crippen molar-refractivity contribution in [3.63, 3.8) is 0 Å². The lowest BCUT2D eigenvalue weighted by Crippen LogP contribution is -2.48. The van der Waals surface area contributed by atoms with Crippen LogP contribution in [0, 0.1) is 5.41 Å². The zero-order chi connectivity index (χ0) is 18.0. The Morgan fingerprint density at radius 1 is 1.46 bits per heavy atom. The number of rotatable bonds is 4. The number of carbonyl (C=O) groups is 2. The third-order valence-corrected chi connectivity index (χ3v) is 3.87. The first-order valence-electron chi connectivity index (χ1n) is 7.30. The zero-order valence-corrected chi connectivity index (χ0v) is 13.0. The fourth-order valence-corrected chi connectivity index (χ4v) is 2.58. The van der Waals surface area contributed by atoms with Crippen LogP contribution < -0.4 is 4.74 Å². The summed E-state index contributed by atoms with van der Waals surface area (Å²) in [6.45, 7) is 0.292. The van der Waals surface area contributed by atoms with Gasteiger partial charge in [0, 0.05) is 19.3 Å². The van der Waals surface area contributed by atoms with E-state index in [0.29, 0.717) is 19.4 Å². The van der Waals surface area contributed by atoms with Gasteiger partial charge in [-0.2, -0.15) is 13.2 Å². The summed E-state index contributed by atoms with van der Waals surface area (Å²) in [5.41, 5.74) is -1.19. The molecule has 1 aromatic heterocycles. The lowest BCUT2D eigenvalue weighted by molar-refractivity contribution is -0.154. The molecule has 1 aliphatic rings. The van der Waals surface area contributed by atoms with Crippen LogP contribution in [-0.4, -0.2) is 52.7 Å². The number of piperidine rings is 1. The largest absolute Gasteiger partial charge is 0.481 e. The third-order valence-electron chi connectivity index (χ3n) is 3.87. The summed E-state index contributed by atoms with van der Waals surface area (Å²) in [6.07, 6.45) is -2.41. The Morgan fingerprint density at radius 3 is 2.79 bits per heavy atom. The molecule has 1 aromatic rings. The van der Waals surface area contributed by atoms with E-state index in [1.165, 1.54) is 23.2 Å². The molecule has 0 bridgehead atoms. The average Bonchev–Trinajstić information content (AvgIpc) is 2.52. The molecular formula is C15H17F3N2O4. The number of carboxylic acids is 1. The Balaban J connectivity index is 2.19. The van der Waals surface area contributed by atoms with E-state index in [1.54, 1.807) is 6.92 Å². The van der Waals surface area contributed by atoms with Crippen LogP contribution in [0.5, 0.6) is 5.88 Å². The van der Waals surface area contributed by atoms with E-state index >= 15 is 0 Å². The molecule has 0 aliphatic carbocycles. The second kappa shape index (κ2) is 6.66. The number of aliphatic carboxylic acids is 1. The zero-order valence-electron chi connectivity index (χ0n) is 13.0. The highest BCUT2D eigenvalue weighted by molar-refractivity contribution is 5.96. The number of ether oxygens (including phenoxy) is 1. The van der Waals surface area contributed by atoms with Crippen molar-refractivity contribution in [1.82, 2.24) is 9.88 Å². The molecule has 24 heavy (non-hydrogen) atoms. The van der Waals surface area contributed by atoms with E-state index in [9.17, 15) is 27.9 Å². The molecule has 0 radical (unpaired) electrons. The number of likely N-dealkylation sites (tertiary alicyclic amines) is 1. The van der Waals surface area contributed by atoms with E-state index in [-0.39, 0.29) is 12.1 Å². The van der Waals surface area contributed by atoms with Crippen molar-refractivity contribution in [1.29, 1.82) is 0 Å². The van der Waals surface area contributed by atoms with Gasteiger partial charge in [-0.15, -0.1) is 0 Å². The van der Waals surface area contributed by atoms with Gasteiger partial charge in [0.2, 0.25) is 5.88 Å². The minimum atomic E-state index is -4.55. The molecule has 1 N–H and O–H groups in total. The van der Waals surface area contributed by atoms with Crippen molar-refractivity contribution in [3.05, 3.63) is 23.9 Å². The standard InChI is InChI=1S/C15H17F3N2O4/c1-14(13(22)23)5-3-7-20(8-14)12(21)10-4-2-6-19-11(10)24-9-15(16,17)18/h2,4,6H,3,5,7-9H2,1H3,(H,22,23). The van der Waals surface area contributed by atoms with E-state index in [2.05, 4.69) is 9.72 Å². The predicted octanol–water partition coefficient (Wildman–Crippen LogP) is 2.35. The molecule has 1 saturated heterocycles.